The molecule has 0 N–H and O–H groups in total. The quantitative estimate of drug-likeness (QED) is 0.682. The van der Waals surface area contributed by atoms with Crippen molar-refractivity contribution < 1.29 is 0 Å². The molecule has 0 atom stereocenters. The summed E-state index contributed by atoms with van der Waals surface area (Å²) in [6.07, 6.45) is 1.78. The van der Waals surface area contributed by atoms with Crippen LogP contribution in [-0.2, 0) is 0 Å². The van der Waals surface area contributed by atoms with Gasteiger partial charge < -0.3 is 0 Å². The summed E-state index contributed by atoms with van der Waals surface area (Å²) >= 11 is 9.36. The molecule has 0 aliphatic heterocycles. The minimum absolute atomic E-state index is 0.559. The number of pyridine rings is 1. The molecule has 92 valence electrons. The third-order valence-corrected chi connectivity index (χ3v) is 3.93. The highest BCUT2D eigenvalue weighted by molar-refractivity contribution is 9.10. The molecule has 19 heavy (non-hydrogen) atoms. The number of aromatic nitrogens is 3. The molecule has 2 aromatic heterocycles. The van der Waals surface area contributed by atoms with E-state index in [0.29, 0.717) is 22.1 Å². The third kappa shape index (κ3) is 2.09. The summed E-state index contributed by atoms with van der Waals surface area (Å²) in [4.78, 5) is 0. The van der Waals surface area contributed by atoms with Gasteiger partial charge in [-0.15, -0.1) is 10.2 Å². The van der Waals surface area contributed by atoms with E-state index >= 15 is 0 Å². The summed E-state index contributed by atoms with van der Waals surface area (Å²) in [5.74, 6) is 0.705. The maximum absolute atomic E-state index is 8.86. The van der Waals surface area contributed by atoms with Crippen LogP contribution < -0.4 is 0 Å². The minimum Gasteiger partial charge on any atom is -0.282 e. The fourth-order valence-electron chi connectivity index (χ4n) is 1.79. The van der Waals surface area contributed by atoms with E-state index in [9.17, 15) is 0 Å². The summed E-state index contributed by atoms with van der Waals surface area (Å²) in [5, 5.41) is 17.7. The molecule has 6 heteroatoms. The Morgan fingerprint density at radius 2 is 2.05 bits per heavy atom. The molecule has 0 amide bonds. The molecule has 0 aliphatic rings. The van der Waals surface area contributed by atoms with Crippen LogP contribution in [0.2, 0.25) is 5.02 Å². The van der Waals surface area contributed by atoms with Crippen molar-refractivity contribution >= 4 is 33.2 Å². The second-order valence-corrected chi connectivity index (χ2v) is 5.17. The first-order valence-electron chi connectivity index (χ1n) is 5.39. The first-order chi connectivity index (χ1) is 9.19. The van der Waals surface area contributed by atoms with Gasteiger partial charge in [0.2, 0.25) is 0 Å². The highest BCUT2D eigenvalue weighted by Crippen LogP contribution is 2.28. The van der Waals surface area contributed by atoms with Crippen LogP contribution >= 0.6 is 27.5 Å². The van der Waals surface area contributed by atoms with Gasteiger partial charge in [0.25, 0.3) is 0 Å². The normalized spacial score (nSPS) is 10.6. The van der Waals surface area contributed by atoms with E-state index in [4.69, 9.17) is 16.9 Å². The zero-order valence-electron chi connectivity index (χ0n) is 9.51. The summed E-state index contributed by atoms with van der Waals surface area (Å²) in [7, 11) is 0. The second-order valence-electron chi connectivity index (χ2n) is 3.91. The van der Waals surface area contributed by atoms with E-state index in [0.717, 1.165) is 10.0 Å². The molecule has 0 saturated carbocycles. The van der Waals surface area contributed by atoms with Gasteiger partial charge >= 0.3 is 0 Å². The van der Waals surface area contributed by atoms with E-state index in [1.54, 1.807) is 24.4 Å². The maximum Gasteiger partial charge on any atom is 0.168 e. The van der Waals surface area contributed by atoms with Crippen LogP contribution in [0.4, 0.5) is 0 Å². The summed E-state index contributed by atoms with van der Waals surface area (Å²) < 4.78 is 2.63. The van der Waals surface area contributed by atoms with Crippen LogP contribution in [-0.4, -0.2) is 14.6 Å². The first kappa shape index (κ1) is 12.2. The predicted molar refractivity (Wildman–Crippen MR) is 75.8 cm³/mol. The van der Waals surface area contributed by atoms with Gasteiger partial charge in [-0.25, -0.2) is 0 Å². The number of nitrogens with zero attached hydrogens (tertiary/aromatic N) is 4. The highest BCUT2D eigenvalue weighted by Gasteiger charge is 2.09. The van der Waals surface area contributed by atoms with Gasteiger partial charge in [-0.05, 0) is 40.2 Å². The van der Waals surface area contributed by atoms with Crippen molar-refractivity contribution in [3.05, 3.63) is 51.6 Å². The number of fused-ring (bicyclic) bond motifs is 1. The Morgan fingerprint density at radius 1 is 1.21 bits per heavy atom. The number of hydrogen-bond donors (Lipinski definition) is 0. The van der Waals surface area contributed by atoms with E-state index in [1.807, 2.05) is 16.5 Å². The lowest BCUT2D eigenvalue weighted by Gasteiger charge is -2.02. The van der Waals surface area contributed by atoms with Gasteiger partial charge in [-0.3, -0.25) is 4.40 Å². The maximum atomic E-state index is 8.86. The van der Waals surface area contributed by atoms with Crippen molar-refractivity contribution in [3.63, 3.8) is 0 Å². The van der Waals surface area contributed by atoms with Gasteiger partial charge in [0.05, 0.1) is 16.7 Å². The average molecular weight is 334 g/mol. The van der Waals surface area contributed by atoms with Crippen molar-refractivity contribution in [2.24, 2.45) is 0 Å². The molecule has 0 saturated heterocycles. The van der Waals surface area contributed by atoms with Crippen LogP contribution in [0.5, 0.6) is 0 Å². The molecule has 2 heterocycles. The molecule has 3 aromatic rings. The molecule has 4 nitrogen and oxygen atoms in total. The lowest BCUT2D eigenvalue weighted by Crippen LogP contribution is -1.90. The van der Waals surface area contributed by atoms with Crippen LogP contribution in [0.3, 0.4) is 0 Å². The van der Waals surface area contributed by atoms with Gasteiger partial charge in [-0.2, -0.15) is 5.26 Å². The Kier molecular flexibility index (Phi) is 2.97. The molecule has 0 unspecified atom stereocenters. The van der Waals surface area contributed by atoms with E-state index in [1.165, 1.54) is 0 Å². The fraction of sp³-hybridized carbons (Fsp3) is 0. The fourth-order valence-corrected chi connectivity index (χ4v) is 2.29. The highest BCUT2D eigenvalue weighted by atomic mass is 79.9. The average Bonchev–Trinajstić information content (AvgIpc) is 2.84. The summed E-state index contributed by atoms with van der Waals surface area (Å²) in [6.45, 7) is 0. The van der Waals surface area contributed by atoms with Crippen LogP contribution in [0.1, 0.15) is 5.56 Å². The van der Waals surface area contributed by atoms with E-state index in [-0.39, 0.29) is 0 Å². The zero-order valence-corrected chi connectivity index (χ0v) is 11.9. The lowest BCUT2D eigenvalue weighted by atomic mass is 10.2. The molecular formula is C13H6BrClN4. The van der Waals surface area contributed by atoms with Gasteiger partial charge in [0.15, 0.2) is 11.5 Å². The van der Waals surface area contributed by atoms with Crippen molar-refractivity contribution in [1.82, 2.24) is 14.6 Å². The second kappa shape index (κ2) is 4.65. The lowest BCUT2D eigenvalue weighted by molar-refractivity contribution is 1.11. The standard InChI is InChI=1S/C13H6BrClN4/c14-10-6-9(1-2-11(10)15)13-18-17-12-5-8(7-16)3-4-19(12)13/h1-6H. The predicted octanol–water partition coefficient (Wildman–Crippen LogP) is 3.68. The number of rotatable bonds is 1. The molecule has 0 fully saturated rings. The number of halogens is 2. The van der Waals surface area contributed by atoms with Gasteiger partial charge in [0.1, 0.15) is 0 Å². The Hall–Kier alpha value is -1.90. The molecule has 3 rings (SSSR count). The van der Waals surface area contributed by atoms with Gasteiger partial charge in [-0.1, -0.05) is 11.6 Å². The Balaban J connectivity index is 2.20. The molecule has 1 aromatic carbocycles. The number of benzene rings is 1. The van der Waals surface area contributed by atoms with E-state index in [2.05, 4.69) is 32.2 Å². The molecule has 0 radical (unpaired) electrons. The van der Waals surface area contributed by atoms with Crippen molar-refractivity contribution in [3.8, 4) is 17.5 Å². The summed E-state index contributed by atoms with van der Waals surface area (Å²) in [6, 6.07) is 11.1. The Labute approximate surface area is 122 Å². The largest absolute Gasteiger partial charge is 0.282 e. The Morgan fingerprint density at radius 3 is 2.79 bits per heavy atom. The third-order valence-electron chi connectivity index (χ3n) is 2.72. The van der Waals surface area contributed by atoms with Crippen LogP contribution in [0.15, 0.2) is 41.0 Å². The zero-order chi connectivity index (χ0) is 13.4. The minimum atomic E-state index is 0.559. The summed E-state index contributed by atoms with van der Waals surface area (Å²) in [5.41, 5.74) is 2.09. The van der Waals surface area contributed by atoms with Crippen molar-refractivity contribution in [2.75, 3.05) is 0 Å². The molecule has 0 bridgehead atoms. The Bertz CT molecular complexity index is 819. The van der Waals surface area contributed by atoms with Crippen molar-refractivity contribution in [1.29, 1.82) is 5.26 Å². The van der Waals surface area contributed by atoms with Crippen LogP contribution in [0, 0.1) is 11.3 Å². The molecule has 0 spiro atoms. The van der Waals surface area contributed by atoms with E-state index < -0.39 is 0 Å². The smallest absolute Gasteiger partial charge is 0.168 e. The van der Waals surface area contributed by atoms with Crippen molar-refractivity contribution in [2.45, 2.75) is 0 Å². The number of hydrogen-bond acceptors (Lipinski definition) is 3. The molecule has 0 aliphatic carbocycles. The number of nitriles is 1. The van der Waals surface area contributed by atoms with Gasteiger partial charge in [0, 0.05) is 22.3 Å². The topological polar surface area (TPSA) is 54.0 Å². The SMILES string of the molecule is N#Cc1ccn2c(-c3ccc(Cl)c(Br)c3)nnc2c1. The monoisotopic (exact) mass is 332 g/mol. The first-order valence-corrected chi connectivity index (χ1v) is 6.56. The molecular weight excluding hydrogens is 328 g/mol. The van der Waals surface area contributed by atoms with Crippen LogP contribution in [0.25, 0.3) is 17.0 Å².